The van der Waals surface area contributed by atoms with Crippen molar-refractivity contribution in [3.8, 4) is 0 Å². The molecular weight excluding hydrogens is 319 g/mol. The van der Waals surface area contributed by atoms with Gasteiger partial charge in [-0.3, -0.25) is 4.31 Å². The molecule has 0 bridgehead atoms. The number of methoxy groups -OCH3 is 1. The van der Waals surface area contributed by atoms with Gasteiger partial charge in [-0.2, -0.15) is 0 Å². The first kappa shape index (κ1) is 15.4. The van der Waals surface area contributed by atoms with Crippen molar-refractivity contribution in [2.75, 3.05) is 18.5 Å². The van der Waals surface area contributed by atoms with Gasteiger partial charge in [0.1, 0.15) is 5.82 Å². The summed E-state index contributed by atoms with van der Waals surface area (Å²) in [6.07, 6.45) is 0. The van der Waals surface area contributed by atoms with Crippen LogP contribution in [0.1, 0.15) is 10.5 Å². The molecule has 0 amide bonds. The first-order chi connectivity index (χ1) is 9.89. The van der Waals surface area contributed by atoms with Crippen LogP contribution in [0.5, 0.6) is 0 Å². The Bertz CT molecular complexity index is 773. The highest BCUT2D eigenvalue weighted by Crippen LogP contribution is 2.28. The number of aromatic nitrogens is 1. The number of halogens is 1. The molecule has 1 aromatic heterocycles. The fourth-order valence-electron chi connectivity index (χ4n) is 1.61. The van der Waals surface area contributed by atoms with Crippen LogP contribution in [0.3, 0.4) is 0 Å². The fraction of sp³-hybridized carbons (Fsp3) is 0.167. The molecule has 2 rings (SSSR count). The maximum atomic E-state index is 13.7. The molecule has 0 radical (unpaired) electrons. The summed E-state index contributed by atoms with van der Waals surface area (Å²) < 4.78 is 43.7. The summed E-state index contributed by atoms with van der Waals surface area (Å²) in [6, 6.07) is 5.44. The van der Waals surface area contributed by atoms with E-state index in [1.165, 1.54) is 30.8 Å². The van der Waals surface area contributed by atoms with Crippen molar-refractivity contribution >= 4 is 33.0 Å². The van der Waals surface area contributed by atoms with E-state index in [2.05, 4.69) is 9.72 Å². The van der Waals surface area contributed by atoms with Crippen LogP contribution in [0.2, 0.25) is 0 Å². The van der Waals surface area contributed by atoms with Crippen molar-refractivity contribution in [1.82, 2.24) is 4.98 Å². The third-order valence-corrected chi connectivity index (χ3v) is 5.82. The molecule has 0 aliphatic rings. The number of esters is 1. The van der Waals surface area contributed by atoms with Crippen LogP contribution >= 0.6 is 11.3 Å². The lowest BCUT2D eigenvalue weighted by Crippen LogP contribution is -2.28. The Morgan fingerprint density at radius 2 is 2.05 bits per heavy atom. The first-order valence-corrected chi connectivity index (χ1v) is 7.97. The monoisotopic (exact) mass is 330 g/mol. The topological polar surface area (TPSA) is 76.6 Å². The lowest BCUT2D eigenvalue weighted by atomic mass is 10.3. The average molecular weight is 330 g/mol. The maximum absolute atomic E-state index is 13.7. The van der Waals surface area contributed by atoms with Gasteiger partial charge in [-0.15, -0.1) is 11.3 Å². The lowest BCUT2D eigenvalue weighted by molar-refractivity contribution is 0.0590. The second kappa shape index (κ2) is 5.78. The van der Waals surface area contributed by atoms with Gasteiger partial charge in [-0.05, 0) is 12.1 Å². The van der Waals surface area contributed by atoms with Gasteiger partial charge in [0.15, 0.2) is 9.90 Å². The van der Waals surface area contributed by atoms with Crippen molar-refractivity contribution in [3.05, 3.63) is 41.3 Å². The summed E-state index contributed by atoms with van der Waals surface area (Å²) in [6.45, 7) is 0. The summed E-state index contributed by atoms with van der Waals surface area (Å²) >= 11 is 0.765. The predicted molar refractivity (Wildman–Crippen MR) is 75.4 cm³/mol. The highest BCUT2D eigenvalue weighted by Gasteiger charge is 2.31. The van der Waals surface area contributed by atoms with Crippen LogP contribution in [-0.2, 0) is 14.8 Å². The van der Waals surface area contributed by atoms with Crippen molar-refractivity contribution < 1.29 is 22.3 Å². The number of benzene rings is 1. The summed E-state index contributed by atoms with van der Waals surface area (Å²) in [4.78, 5) is 15.2. The fourth-order valence-corrected chi connectivity index (χ4v) is 4.10. The third-order valence-electron chi connectivity index (χ3n) is 2.70. The Balaban J connectivity index is 2.51. The van der Waals surface area contributed by atoms with Crippen molar-refractivity contribution in [3.63, 3.8) is 0 Å². The number of hydrogen-bond donors (Lipinski definition) is 0. The zero-order chi connectivity index (χ0) is 15.6. The Labute approximate surface area is 124 Å². The van der Waals surface area contributed by atoms with E-state index >= 15 is 0 Å². The van der Waals surface area contributed by atoms with Gasteiger partial charge in [0.25, 0.3) is 10.0 Å². The Morgan fingerprint density at radius 3 is 2.67 bits per heavy atom. The van der Waals surface area contributed by atoms with Gasteiger partial charge in [0.05, 0.1) is 18.3 Å². The average Bonchev–Trinajstić information content (AvgIpc) is 2.96. The Hall–Kier alpha value is -2.00. The number of hydrogen-bond acceptors (Lipinski definition) is 6. The van der Waals surface area contributed by atoms with E-state index in [9.17, 15) is 17.6 Å². The number of para-hydroxylation sites is 1. The van der Waals surface area contributed by atoms with Crippen LogP contribution in [0.4, 0.5) is 10.1 Å². The second-order valence-electron chi connectivity index (χ2n) is 3.90. The van der Waals surface area contributed by atoms with Crippen molar-refractivity contribution in [1.29, 1.82) is 0 Å². The summed E-state index contributed by atoms with van der Waals surface area (Å²) in [5.41, 5.74) is 0.779. The van der Waals surface area contributed by atoms with Gasteiger partial charge in [0.2, 0.25) is 0 Å². The molecule has 0 saturated carbocycles. The molecule has 1 aromatic carbocycles. The molecule has 0 atom stereocenters. The summed E-state index contributed by atoms with van der Waals surface area (Å²) in [5.74, 6) is -1.55. The predicted octanol–water partition coefficient (Wildman–Crippen LogP) is 1.89. The number of sulfonamides is 1. The standard InChI is InChI=1S/C12H11FN2O4S2/c1-15(9-6-4-3-5-8(9)13)21(17,18)12-10(11(16)19-2)14-7-20-12/h3-7H,1-2H3. The maximum Gasteiger partial charge on any atom is 0.358 e. The normalized spacial score (nSPS) is 11.2. The number of nitrogens with zero attached hydrogens (tertiary/aromatic N) is 2. The van der Waals surface area contributed by atoms with Crippen molar-refractivity contribution in [2.45, 2.75) is 4.21 Å². The van der Waals surface area contributed by atoms with Crippen LogP contribution in [-0.4, -0.2) is 33.5 Å². The number of carbonyl (C=O) groups is 1. The number of anilines is 1. The zero-order valence-electron chi connectivity index (χ0n) is 11.1. The van der Waals surface area contributed by atoms with Gasteiger partial charge in [-0.1, -0.05) is 12.1 Å². The molecule has 9 heteroatoms. The van der Waals surface area contributed by atoms with E-state index in [1.54, 1.807) is 0 Å². The summed E-state index contributed by atoms with van der Waals surface area (Å²) in [5, 5.41) is 0. The molecule has 0 spiro atoms. The number of ether oxygens (including phenoxy) is 1. The smallest absolute Gasteiger partial charge is 0.358 e. The molecule has 6 nitrogen and oxygen atoms in total. The highest BCUT2D eigenvalue weighted by atomic mass is 32.2. The molecule has 112 valence electrons. The van der Waals surface area contributed by atoms with Gasteiger partial charge in [-0.25, -0.2) is 22.6 Å². The lowest BCUT2D eigenvalue weighted by Gasteiger charge is -2.19. The quantitative estimate of drug-likeness (QED) is 0.800. The molecule has 0 saturated heterocycles. The highest BCUT2D eigenvalue weighted by molar-refractivity contribution is 7.94. The number of carbonyl (C=O) groups excluding carboxylic acids is 1. The van der Waals surface area contributed by atoms with Gasteiger partial charge < -0.3 is 4.74 Å². The molecular formula is C12H11FN2O4S2. The number of thiazole rings is 1. The zero-order valence-corrected chi connectivity index (χ0v) is 12.7. The second-order valence-corrected chi connectivity index (χ2v) is 6.92. The van der Waals surface area contributed by atoms with E-state index < -0.39 is 21.8 Å². The van der Waals surface area contributed by atoms with E-state index in [4.69, 9.17) is 0 Å². The SMILES string of the molecule is COC(=O)c1ncsc1S(=O)(=O)N(C)c1ccccc1F. The minimum atomic E-state index is -4.11. The molecule has 0 unspecified atom stereocenters. The van der Waals surface area contributed by atoms with E-state index in [-0.39, 0.29) is 15.6 Å². The molecule has 2 aromatic rings. The van der Waals surface area contributed by atoms with Gasteiger partial charge >= 0.3 is 5.97 Å². The van der Waals surface area contributed by atoms with Crippen molar-refractivity contribution in [2.24, 2.45) is 0 Å². The molecule has 0 aliphatic heterocycles. The largest absolute Gasteiger partial charge is 0.464 e. The van der Waals surface area contributed by atoms with Crippen LogP contribution < -0.4 is 4.31 Å². The first-order valence-electron chi connectivity index (χ1n) is 5.65. The molecule has 1 heterocycles. The molecule has 21 heavy (non-hydrogen) atoms. The molecule has 0 aliphatic carbocycles. The van der Waals surface area contributed by atoms with Crippen LogP contribution in [0.15, 0.2) is 34.0 Å². The van der Waals surface area contributed by atoms with E-state index in [0.717, 1.165) is 28.8 Å². The van der Waals surface area contributed by atoms with Crippen LogP contribution in [0.25, 0.3) is 0 Å². The van der Waals surface area contributed by atoms with Gasteiger partial charge in [0, 0.05) is 7.05 Å². The van der Waals surface area contributed by atoms with E-state index in [1.807, 2.05) is 0 Å². The molecule has 0 N–H and O–H groups in total. The minimum absolute atomic E-state index is 0.123. The summed E-state index contributed by atoms with van der Waals surface area (Å²) in [7, 11) is -1.78. The minimum Gasteiger partial charge on any atom is -0.464 e. The number of rotatable bonds is 4. The Morgan fingerprint density at radius 1 is 1.38 bits per heavy atom. The van der Waals surface area contributed by atoms with Crippen LogP contribution in [0, 0.1) is 5.82 Å². The van der Waals surface area contributed by atoms with E-state index in [0.29, 0.717) is 0 Å². The molecule has 0 fully saturated rings. The third kappa shape index (κ3) is 2.74. The Kier molecular flexibility index (Phi) is 4.24.